The van der Waals surface area contributed by atoms with Crippen LogP contribution >= 0.6 is 11.6 Å². The number of amidine groups is 2. The molecule has 0 saturated heterocycles. The molecule has 0 unspecified atom stereocenters. The van der Waals surface area contributed by atoms with Crippen LogP contribution in [0.15, 0.2) is 58.8 Å². The summed E-state index contributed by atoms with van der Waals surface area (Å²) in [5.74, 6) is 2.01. The maximum atomic E-state index is 12.4. The molecule has 9 heteroatoms. The highest BCUT2D eigenvalue weighted by Gasteiger charge is 2.34. The number of halogens is 1. The quantitative estimate of drug-likeness (QED) is 0.473. The molecule has 0 bridgehead atoms. The van der Waals surface area contributed by atoms with E-state index in [0.717, 1.165) is 5.56 Å². The Balaban J connectivity index is 1.42. The molecule has 0 atom stereocenters. The molecule has 0 saturated carbocycles. The first-order chi connectivity index (χ1) is 15.9. The number of hydrogen-bond acceptors (Lipinski definition) is 6. The number of ether oxygens (including phenoxy) is 3. The third-order valence-electron chi connectivity index (χ3n) is 4.92. The number of hydrogen-bond donors (Lipinski definition) is 1. The Morgan fingerprint density at radius 3 is 2.67 bits per heavy atom. The minimum Gasteiger partial charge on any atom is -0.493 e. The average molecular weight is 468 g/mol. The molecule has 2 aromatic carbocycles. The number of aliphatic imine (C=N–C) groups is 1. The van der Waals surface area contributed by atoms with Gasteiger partial charge < -0.3 is 19.0 Å². The second kappa shape index (κ2) is 9.38. The number of rotatable bonds is 7. The summed E-state index contributed by atoms with van der Waals surface area (Å²) in [5, 5.41) is 10.2. The van der Waals surface area contributed by atoms with Crippen molar-refractivity contribution < 1.29 is 23.8 Å². The van der Waals surface area contributed by atoms with Crippen molar-refractivity contribution in [1.82, 2.24) is 5.06 Å². The monoisotopic (exact) mass is 467 g/mol. The van der Waals surface area contributed by atoms with Gasteiger partial charge in [0.25, 0.3) is 5.91 Å². The first-order valence-electron chi connectivity index (χ1n) is 10.2. The number of fused-ring (bicyclic) bond motifs is 1. The fourth-order valence-corrected chi connectivity index (χ4v) is 3.40. The van der Waals surface area contributed by atoms with Crippen molar-refractivity contribution in [2.45, 2.75) is 13.8 Å². The molecular weight excluding hydrogens is 446 g/mol. The maximum absolute atomic E-state index is 12.4. The number of hydroxylamine groups is 2. The lowest BCUT2D eigenvalue weighted by Gasteiger charge is -2.23. The highest BCUT2D eigenvalue weighted by Crippen LogP contribution is 2.30. The van der Waals surface area contributed by atoms with Crippen LogP contribution in [0.5, 0.6) is 17.2 Å². The third kappa shape index (κ3) is 4.85. The summed E-state index contributed by atoms with van der Waals surface area (Å²) in [4.78, 5) is 21.8. The maximum Gasteiger partial charge on any atom is 0.282 e. The van der Waals surface area contributed by atoms with Crippen LogP contribution in [0.4, 0.5) is 0 Å². The molecular formula is C24H22ClN3O5. The molecule has 1 amide bonds. The van der Waals surface area contributed by atoms with Crippen molar-refractivity contribution in [2.24, 2.45) is 4.99 Å². The lowest BCUT2D eigenvalue weighted by Crippen LogP contribution is -2.38. The van der Waals surface area contributed by atoms with E-state index in [2.05, 4.69) is 4.99 Å². The molecule has 2 aliphatic heterocycles. The molecule has 2 aromatic rings. The molecule has 4 rings (SSSR count). The van der Waals surface area contributed by atoms with Gasteiger partial charge in [0.15, 0.2) is 23.2 Å². The minimum atomic E-state index is -0.505. The topological polar surface area (TPSA) is 93.4 Å². The molecule has 0 aliphatic carbocycles. The Morgan fingerprint density at radius 2 is 1.91 bits per heavy atom. The highest BCUT2D eigenvalue weighted by atomic mass is 35.5. The van der Waals surface area contributed by atoms with E-state index in [9.17, 15) is 4.79 Å². The largest absolute Gasteiger partial charge is 0.493 e. The van der Waals surface area contributed by atoms with Gasteiger partial charge >= 0.3 is 0 Å². The zero-order valence-electron chi connectivity index (χ0n) is 18.3. The molecule has 0 fully saturated rings. The van der Waals surface area contributed by atoms with E-state index in [0.29, 0.717) is 52.6 Å². The van der Waals surface area contributed by atoms with E-state index in [-0.39, 0.29) is 11.4 Å². The molecule has 170 valence electrons. The van der Waals surface area contributed by atoms with Gasteiger partial charge in [-0.3, -0.25) is 10.2 Å². The van der Waals surface area contributed by atoms with E-state index >= 15 is 0 Å². The van der Waals surface area contributed by atoms with Crippen molar-refractivity contribution in [1.29, 1.82) is 5.41 Å². The van der Waals surface area contributed by atoms with Crippen LogP contribution in [0.3, 0.4) is 0 Å². The standard InChI is InChI=1S/C24H22ClN3O5/c1-14-10-17(5-6-19(14)25)31-8-9-32-20-7-4-16(13-21(20)30-3)12-18-23(26)28-22(27-24(18)29)11-15(2)33-28/h4-7,10-13,26H,8-9H2,1-3H3/b18-12+,26-23?. The van der Waals surface area contributed by atoms with Crippen LogP contribution in [0.2, 0.25) is 5.02 Å². The number of amides is 1. The summed E-state index contributed by atoms with van der Waals surface area (Å²) in [6, 6.07) is 10.7. The van der Waals surface area contributed by atoms with Crippen LogP contribution < -0.4 is 14.2 Å². The summed E-state index contributed by atoms with van der Waals surface area (Å²) < 4.78 is 16.9. The van der Waals surface area contributed by atoms with Crippen molar-refractivity contribution in [3.05, 3.63) is 70.0 Å². The highest BCUT2D eigenvalue weighted by molar-refractivity contribution is 6.32. The average Bonchev–Trinajstić information content (AvgIpc) is 3.17. The van der Waals surface area contributed by atoms with Crippen LogP contribution in [0.25, 0.3) is 6.08 Å². The lowest BCUT2D eigenvalue weighted by molar-refractivity contribution is -0.114. The summed E-state index contributed by atoms with van der Waals surface area (Å²) in [5.41, 5.74) is 1.71. The number of carbonyl (C=O) groups excluding carboxylic acids is 1. The van der Waals surface area contributed by atoms with Crippen molar-refractivity contribution >= 4 is 35.3 Å². The summed E-state index contributed by atoms with van der Waals surface area (Å²) in [6.07, 6.45) is 3.18. The molecule has 0 spiro atoms. The number of nitrogens with one attached hydrogen (secondary N) is 1. The van der Waals surface area contributed by atoms with Gasteiger partial charge in [0, 0.05) is 11.1 Å². The van der Waals surface area contributed by atoms with Gasteiger partial charge in [-0.15, -0.1) is 5.06 Å². The summed E-state index contributed by atoms with van der Waals surface area (Å²) in [6.45, 7) is 4.28. The second-order valence-corrected chi connectivity index (χ2v) is 7.75. The number of methoxy groups -OCH3 is 1. The summed E-state index contributed by atoms with van der Waals surface area (Å²) >= 11 is 6.03. The predicted octanol–water partition coefficient (Wildman–Crippen LogP) is 4.57. The van der Waals surface area contributed by atoms with Crippen LogP contribution in [0.1, 0.15) is 18.1 Å². The fourth-order valence-electron chi connectivity index (χ4n) is 3.28. The van der Waals surface area contributed by atoms with E-state index in [4.69, 9.17) is 36.1 Å². The van der Waals surface area contributed by atoms with E-state index in [1.54, 1.807) is 49.4 Å². The van der Waals surface area contributed by atoms with E-state index in [1.807, 2.05) is 13.0 Å². The number of nitrogens with zero attached hydrogens (tertiary/aromatic N) is 2. The number of carbonyl (C=O) groups is 1. The van der Waals surface area contributed by atoms with Gasteiger partial charge in [0.05, 0.1) is 12.7 Å². The predicted molar refractivity (Wildman–Crippen MR) is 125 cm³/mol. The van der Waals surface area contributed by atoms with Gasteiger partial charge in [-0.2, -0.15) is 4.99 Å². The Kier molecular flexibility index (Phi) is 6.37. The Hall–Kier alpha value is -3.78. The zero-order chi connectivity index (χ0) is 23.5. The molecule has 33 heavy (non-hydrogen) atoms. The number of allylic oxidation sites excluding steroid dienone is 1. The molecule has 2 heterocycles. The minimum absolute atomic E-state index is 0.0769. The Labute approximate surface area is 196 Å². The molecule has 1 N–H and O–H groups in total. The van der Waals surface area contributed by atoms with Crippen molar-refractivity contribution in [3.8, 4) is 17.2 Å². The van der Waals surface area contributed by atoms with Gasteiger partial charge in [-0.1, -0.05) is 17.7 Å². The van der Waals surface area contributed by atoms with Crippen LogP contribution in [-0.2, 0) is 9.63 Å². The summed E-state index contributed by atoms with van der Waals surface area (Å²) in [7, 11) is 1.53. The van der Waals surface area contributed by atoms with E-state index in [1.165, 1.54) is 12.2 Å². The zero-order valence-corrected chi connectivity index (χ0v) is 19.1. The van der Waals surface area contributed by atoms with Gasteiger partial charge in [0.2, 0.25) is 0 Å². The van der Waals surface area contributed by atoms with Gasteiger partial charge in [-0.05, 0) is 61.4 Å². The molecule has 8 nitrogen and oxygen atoms in total. The van der Waals surface area contributed by atoms with Crippen molar-refractivity contribution in [3.63, 3.8) is 0 Å². The Morgan fingerprint density at radius 1 is 1.12 bits per heavy atom. The first kappa shape index (κ1) is 22.4. The number of benzene rings is 2. The van der Waals surface area contributed by atoms with Crippen LogP contribution in [0, 0.1) is 12.3 Å². The normalized spacial score (nSPS) is 16.2. The van der Waals surface area contributed by atoms with Crippen molar-refractivity contribution in [2.75, 3.05) is 20.3 Å². The molecule has 2 aliphatic rings. The van der Waals surface area contributed by atoms with Gasteiger partial charge in [0.1, 0.15) is 24.7 Å². The SMILES string of the molecule is COc1cc(/C=C2\C(=N)N3OC(C)=CC3=NC2=O)ccc1OCCOc1ccc(Cl)c(C)c1. The third-order valence-corrected chi connectivity index (χ3v) is 5.34. The fraction of sp³-hybridized carbons (Fsp3) is 0.208. The number of aryl methyl sites for hydroxylation is 1. The van der Waals surface area contributed by atoms with Crippen LogP contribution in [-0.4, -0.2) is 43.0 Å². The lowest BCUT2D eigenvalue weighted by atomic mass is 10.1. The first-order valence-corrected chi connectivity index (χ1v) is 10.5. The second-order valence-electron chi connectivity index (χ2n) is 7.34. The van der Waals surface area contributed by atoms with Gasteiger partial charge in [-0.25, -0.2) is 0 Å². The molecule has 0 radical (unpaired) electrons. The Bertz CT molecular complexity index is 1220. The molecule has 0 aromatic heterocycles. The van der Waals surface area contributed by atoms with E-state index < -0.39 is 5.91 Å². The smallest absolute Gasteiger partial charge is 0.282 e.